The SMILES string of the molecule is CC[C@@H]1C=CCC[C@]2(C[C@H]3CC[C@H]4[C@@H](C(=O)OCCCCCCCCCCCCCCCC(=O)N(CCCNC(C)=O)CC(CCNC(C)=O)OC(C)=O)[C@@]5(CCC[C@H](C)O5)N=C(N2)N34)O1. The van der Waals surface area contributed by atoms with E-state index in [4.69, 9.17) is 23.9 Å². The Labute approximate surface area is 396 Å². The molecule has 0 saturated carbocycles. The van der Waals surface area contributed by atoms with Gasteiger partial charge in [0.25, 0.3) is 0 Å². The van der Waals surface area contributed by atoms with Crippen LogP contribution in [-0.2, 0) is 42.9 Å². The van der Waals surface area contributed by atoms with E-state index in [1.165, 1.54) is 59.3 Å². The first-order valence-electron chi connectivity index (χ1n) is 26.1. The predicted molar refractivity (Wildman–Crippen MR) is 255 cm³/mol. The van der Waals surface area contributed by atoms with Crippen molar-refractivity contribution < 1.29 is 42.9 Å². The standard InChI is InChI=1S/C51H86N6O9/c1-6-43-25-19-20-30-50(66-43)36-42-27-28-45-47(51(31-22-24-38(2)65-51)55-49(54-50)57(42)45)48(62)63-35-21-17-15-13-11-9-7-8-10-12-14-16-18-26-46(61)56(34-23-32-52-39(3)58)37-44(64-41(5)60)29-33-53-40(4)59/h19,25,38,42-45,47H,6-18,20-24,26-37H2,1-5H3,(H,52,58)(H,53,59)(H,54,55)/t38-,42+,43+,44?,45-,47-,50+,51-/m0/s1. The zero-order valence-electron chi connectivity index (χ0n) is 41.3. The van der Waals surface area contributed by atoms with Gasteiger partial charge in [-0.1, -0.05) is 89.7 Å². The molecule has 5 heterocycles. The first-order valence-corrected chi connectivity index (χ1v) is 26.1. The van der Waals surface area contributed by atoms with Crippen molar-refractivity contribution in [3.05, 3.63) is 12.2 Å². The van der Waals surface area contributed by atoms with Crippen LogP contribution < -0.4 is 16.0 Å². The quantitative estimate of drug-likeness (QED) is 0.0398. The summed E-state index contributed by atoms with van der Waals surface area (Å²) in [5, 5.41) is 9.30. The fourth-order valence-electron chi connectivity index (χ4n) is 11.0. The summed E-state index contributed by atoms with van der Waals surface area (Å²) in [6.45, 7) is 10.5. The van der Waals surface area contributed by atoms with Crippen LogP contribution in [0.5, 0.6) is 0 Å². The van der Waals surface area contributed by atoms with E-state index in [-0.39, 0.29) is 54.5 Å². The van der Waals surface area contributed by atoms with Crippen molar-refractivity contribution in [2.75, 3.05) is 32.8 Å². The maximum atomic E-state index is 14.1. The molecule has 0 bridgehead atoms. The summed E-state index contributed by atoms with van der Waals surface area (Å²) in [6.07, 6.45) is 28.3. The molecule has 0 radical (unpaired) electrons. The lowest BCUT2D eigenvalue weighted by atomic mass is 9.80. The van der Waals surface area contributed by atoms with Crippen LogP contribution in [0.25, 0.3) is 0 Å². The maximum absolute atomic E-state index is 14.1. The Morgan fingerprint density at radius 3 is 2.18 bits per heavy atom. The van der Waals surface area contributed by atoms with Crippen LogP contribution in [0.15, 0.2) is 17.1 Å². The molecule has 3 N–H and O–H groups in total. The van der Waals surface area contributed by atoms with Crippen molar-refractivity contribution in [3.8, 4) is 0 Å². The van der Waals surface area contributed by atoms with E-state index in [0.29, 0.717) is 45.5 Å². The van der Waals surface area contributed by atoms with Gasteiger partial charge in [-0.2, -0.15) is 0 Å². The van der Waals surface area contributed by atoms with Gasteiger partial charge in [0, 0.05) is 65.7 Å². The molecule has 0 aromatic carbocycles. The third-order valence-corrected chi connectivity index (χ3v) is 14.2. The largest absolute Gasteiger partial charge is 0.465 e. The van der Waals surface area contributed by atoms with Crippen LogP contribution in [0.2, 0.25) is 0 Å². The molecule has 5 rings (SSSR count). The minimum Gasteiger partial charge on any atom is -0.465 e. The van der Waals surface area contributed by atoms with Crippen LogP contribution in [0.1, 0.15) is 195 Å². The Kier molecular flexibility index (Phi) is 22.0. The number of ether oxygens (including phenoxy) is 4. The van der Waals surface area contributed by atoms with E-state index in [9.17, 15) is 24.0 Å². The highest BCUT2D eigenvalue weighted by molar-refractivity contribution is 5.87. The van der Waals surface area contributed by atoms with E-state index in [2.05, 4.69) is 46.8 Å². The molecular weight excluding hydrogens is 841 g/mol. The summed E-state index contributed by atoms with van der Waals surface area (Å²) in [4.78, 5) is 71.3. The van der Waals surface area contributed by atoms with E-state index in [0.717, 1.165) is 109 Å². The predicted octanol–water partition coefficient (Wildman–Crippen LogP) is 7.74. The third kappa shape index (κ3) is 16.5. The van der Waals surface area contributed by atoms with E-state index in [1.54, 1.807) is 4.90 Å². The molecule has 0 aliphatic carbocycles. The Morgan fingerprint density at radius 1 is 0.864 bits per heavy atom. The summed E-state index contributed by atoms with van der Waals surface area (Å²) in [7, 11) is 0. The Bertz CT molecular complexity index is 1630. The summed E-state index contributed by atoms with van der Waals surface area (Å²) < 4.78 is 25.1. The number of nitrogens with one attached hydrogen (secondary N) is 3. The summed E-state index contributed by atoms with van der Waals surface area (Å²) in [5.41, 5.74) is -1.36. The van der Waals surface area contributed by atoms with Crippen molar-refractivity contribution in [2.24, 2.45) is 10.9 Å². The fraction of sp³-hybridized carbons (Fsp3) is 0.843. The molecule has 0 aromatic rings. The third-order valence-electron chi connectivity index (χ3n) is 14.2. The van der Waals surface area contributed by atoms with Crippen LogP contribution >= 0.6 is 0 Å². The van der Waals surface area contributed by atoms with Crippen molar-refractivity contribution >= 4 is 35.6 Å². The van der Waals surface area contributed by atoms with Crippen LogP contribution in [0, 0.1) is 5.92 Å². The molecule has 15 nitrogen and oxygen atoms in total. The van der Waals surface area contributed by atoms with Gasteiger partial charge in [-0.05, 0) is 77.6 Å². The number of rotatable bonds is 28. The van der Waals surface area contributed by atoms with Crippen LogP contribution in [0.4, 0.5) is 0 Å². The number of unbranched alkanes of at least 4 members (excludes halogenated alkanes) is 12. The highest BCUT2D eigenvalue weighted by atomic mass is 16.6. The minimum atomic E-state index is -0.906. The van der Waals surface area contributed by atoms with Crippen molar-refractivity contribution in [1.29, 1.82) is 0 Å². The number of esters is 2. The average molecular weight is 927 g/mol. The number of hydrogen-bond acceptors (Lipinski definition) is 12. The second-order valence-electron chi connectivity index (χ2n) is 19.8. The Balaban J connectivity index is 0.933. The highest BCUT2D eigenvalue weighted by Crippen LogP contribution is 2.50. The van der Waals surface area contributed by atoms with Gasteiger partial charge in [-0.3, -0.25) is 24.0 Å². The van der Waals surface area contributed by atoms with Gasteiger partial charge in [0.1, 0.15) is 17.7 Å². The van der Waals surface area contributed by atoms with Gasteiger partial charge in [0.2, 0.25) is 17.7 Å². The molecule has 3 amide bonds. The monoisotopic (exact) mass is 927 g/mol. The average Bonchev–Trinajstić information content (AvgIpc) is 3.57. The number of aliphatic imine (C=N–C) groups is 1. The molecule has 5 aliphatic heterocycles. The van der Waals surface area contributed by atoms with Gasteiger partial charge < -0.3 is 44.7 Å². The molecule has 5 aliphatic rings. The smallest absolute Gasteiger partial charge is 0.316 e. The first kappa shape index (κ1) is 53.2. The number of nitrogens with zero attached hydrogens (tertiary/aromatic N) is 3. The lowest BCUT2D eigenvalue weighted by Crippen LogP contribution is -2.71. The molecule has 66 heavy (non-hydrogen) atoms. The normalized spacial score (nSPS) is 27.0. The molecule has 0 aromatic heterocycles. The van der Waals surface area contributed by atoms with E-state index < -0.39 is 29.4 Å². The first-order chi connectivity index (χ1) is 31.8. The van der Waals surface area contributed by atoms with Crippen molar-refractivity contribution in [2.45, 2.75) is 237 Å². The maximum Gasteiger partial charge on any atom is 0.316 e. The Morgan fingerprint density at radius 2 is 1.53 bits per heavy atom. The topological polar surface area (TPSA) is 177 Å². The zero-order chi connectivity index (χ0) is 47.4. The van der Waals surface area contributed by atoms with Gasteiger partial charge in [0.05, 0.1) is 31.4 Å². The number of carbonyl (C=O) groups excluding carboxylic acids is 5. The Hall–Kier alpha value is -3.72. The van der Waals surface area contributed by atoms with Gasteiger partial charge >= 0.3 is 11.9 Å². The van der Waals surface area contributed by atoms with Gasteiger partial charge in [-0.25, -0.2) is 4.99 Å². The van der Waals surface area contributed by atoms with Crippen molar-refractivity contribution in [1.82, 2.24) is 25.8 Å². The van der Waals surface area contributed by atoms with Crippen molar-refractivity contribution in [3.63, 3.8) is 0 Å². The lowest BCUT2D eigenvalue weighted by molar-refractivity contribution is -0.194. The summed E-state index contributed by atoms with van der Waals surface area (Å²) >= 11 is 0. The fourth-order valence-corrected chi connectivity index (χ4v) is 11.0. The number of allylic oxidation sites excluding steroid dienone is 1. The minimum absolute atomic E-state index is 0.0120. The zero-order valence-corrected chi connectivity index (χ0v) is 41.3. The molecule has 2 spiro atoms. The lowest BCUT2D eigenvalue weighted by Gasteiger charge is -2.55. The second-order valence-corrected chi connectivity index (χ2v) is 19.8. The van der Waals surface area contributed by atoms with Gasteiger partial charge in [0.15, 0.2) is 11.7 Å². The number of hydrogen-bond donors (Lipinski definition) is 3. The molecule has 374 valence electrons. The summed E-state index contributed by atoms with van der Waals surface area (Å²) in [5.74, 6) is -0.409. The molecule has 3 saturated heterocycles. The molecule has 8 atom stereocenters. The highest BCUT2D eigenvalue weighted by Gasteiger charge is 2.62. The van der Waals surface area contributed by atoms with E-state index in [1.807, 2.05) is 0 Å². The van der Waals surface area contributed by atoms with E-state index >= 15 is 0 Å². The molecule has 3 fully saturated rings. The number of guanidine groups is 1. The van der Waals surface area contributed by atoms with Crippen LogP contribution in [0.3, 0.4) is 0 Å². The summed E-state index contributed by atoms with van der Waals surface area (Å²) in [6, 6.07) is 0.293. The van der Waals surface area contributed by atoms with Gasteiger partial charge in [-0.15, -0.1) is 0 Å². The van der Waals surface area contributed by atoms with Crippen LogP contribution in [-0.4, -0.2) is 120 Å². The molecule has 1 unspecified atom stereocenters. The second kappa shape index (κ2) is 27.3. The molecular formula is C51H86N6O9. The number of amides is 3. The molecule has 15 heteroatoms. The number of carbonyl (C=O) groups is 5.